The van der Waals surface area contributed by atoms with Crippen molar-refractivity contribution in [3.63, 3.8) is 0 Å². The lowest BCUT2D eigenvalue weighted by Gasteiger charge is -2.19. The predicted octanol–water partition coefficient (Wildman–Crippen LogP) is 3.69. The average molecular weight is 592 g/mol. The number of hydrogen-bond acceptors (Lipinski definition) is 11. The Kier molecular flexibility index (Phi) is 8.45. The lowest BCUT2D eigenvalue weighted by molar-refractivity contribution is 0.0654. The maximum atomic E-state index is 13.5. The molecule has 1 saturated heterocycles. The molecule has 218 valence electrons. The number of ether oxygens (including phenoxy) is 4. The number of rotatable bonds is 11. The summed E-state index contributed by atoms with van der Waals surface area (Å²) in [6.45, 7) is 2.56. The van der Waals surface area contributed by atoms with E-state index in [1.807, 2.05) is 0 Å². The Balaban J connectivity index is 1.66. The van der Waals surface area contributed by atoms with Gasteiger partial charge in [-0.15, -0.1) is 0 Å². The van der Waals surface area contributed by atoms with E-state index >= 15 is 0 Å². The molecular weight excluding hydrogens is 562 g/mol. The largest absolute Gasteiger partial charge is 0.493 e. The molecule has 3 aromatic heterocycles. The first-order valence-corrected chi connectivity index (χ1v) is 14.5. The molecule has 42 heavy (non-hydrogen) atoms. The van der Waals surface area contributed by atoms with E-state index in [9.17, 15) is 8.42 Å². The van der Waals surface area contributed by atoms with Crippen LogP contribution in [0.4, 0.5) is 5.82 Å². The Morgan fingerprint density at radius 1 is 1.14 bits per heavy atom. The van der Waals surface area contributed by atoms with Crippen LogP contribution in [0.15, 0.2) is 66.0 Å². The summed E-state index contributed by atoms with van der Waals surface area (Å²) in [5.74, 6) is 0.126. The Bertz CT molecular complexity index is 1690. The average Bonchev–Trinajstić information content (AvgIpc) is 3.51. The van der Waals surface area contributed by atoms with Gasteiger partial charge in [-0.2, -0.15) is 13.4 Å². The van der Waals surface area contributed by atoms with Gasteiger partial charge in [0.1, 0.15) is 18.1 Å². The monoisotopic (exact) mass is 591 g/mol. The topological polar surface area (TPSA) is 185 Å². The molecule has 14 heteroatoms. The summed E-state index contributed by atoms with van der Waals surface area (Å²) in [5, 5.41) is 7.55. The molecule has 5 rings (SSSR count). The second-order valence-electron chi connectivity index (χ2n) is 9.35. The van der Waals surface area contributed by atoms with Crippen LogP contribution in [0.2, 0.25) is 0 Å². The maximum absolute atomic E-state index is 13.5. The third-order valence-corrected chi connectivity index (χ3v) is 7.48. The molecule has 13 nitrogen and oxygen atoms in total. The molecule has 1 unspecified atom stereocenters. The summed E-state index contributed by atoms with van der Waals surface area (Å²) in [7, 11) is -2.75. The molecule has 1 fully saturated rings. The minimum Gasteiger partial charge on any atom is -0.493 e. The maximum Gasteiger partial charge on any atom is 0.280 e. The number of benzene rings is 1. The Hall–Kier alpha value is -4.82. The van der Waals surface area contributed by atoms with E-state index in [-0.39, 0.29) is 58.3 Å². The van der Waals surface area contributed by atoms with Crippen molar-refractivity contribution in [2.45, 2.75) is 30.9 Å². The summed E-state index contributed by atoms with van der Waals surface area (Å²) in [6.07, 6.45) is 4.41. The number of methoxy groups -OCH3 is 1. The Morgan fingerprint density at radius 3 is 2.64 bits per heavy atom. The van der Waals surface area contributed by atoms with E-state index in [2.05, 4.69) is 24.7 Å². The highest BCUT2D eigenvalue weighted by Gasteiger charge is 2.27. The smallest absolute Gasteiger partial charge is 0.280 e. The Morgan fingerprint density at radius 2 is 1.95 bits per heavy atom. The number of nitrogens with one attached hydrogen (secondary N) is 2. The number of sulfonamides is 1. The minimum atomic E-state index is -4.24. The van der Waals surface area contributed by atoms with Crippen molar-refractivity contribution in [1.29, 1.82) is 5.41 Å². The SMILES string of the molecule is COc1ccccc1Oc1c(NS(=O)(=O)c2ccc(C)cn2)nc(-c2ccnc(C(=N)N)c2)nc1OCC1CCCO1. The molecule has 0 radical (unpaired) electrons. The number of aryl methyl sites for hydroxylation is 1. The van der Waals surface area contributed by atoms with Crippen molar-refractivity contribution < 1.29 is 27.4 Å². The second kappa shape index (κ2) is 12.4. The van der Waals surface area contributed by atoms with Crippen LogP contribution in [0, 0.1) is 12.3 Å². The van der Waals surface area contributed by atoms with Gasteiger partial charge in [0.25, 0.3) is 15.9 Å². The van der Waals surface area contributed by atoms with Gasteiger partial charge < -0.3 is 24.7 Å². The number of aromatic nitrogens is 4. The zero-order valence-electron chi connectivity index (χ0n) is 22.9. The highest BCUT2D eigenvalue weighted by Crippen LogP contribution is 2.41. The zero-order chi connectivity index (χ0) is 29.7. The molecule has 4 heterocycles. The number of nitrogens with two attached hydrogens (primary N) is 1. The summed E-state index contributed by atoms with van der Waals surface area (Å²) in [4.78, 5) is 17.3. The van der Waals surface area contributed by atoms with Gasteiger partial charge >= 0.3 is 0 Å². The van der Waals surface area contributed by atoms with Gasteiger partial charge in [-0.3, -0.25) is 15.1 Å². The first-order chi connectivity index (χ1) is 20.2. The molecule has 4 N–H and O–H groups in total. The summed E-state index contributed by atoms with van der Waals surface area (Å²) >= 11 is 0. The van der Waals surface area contributed by atoms with Crippen molar-refractivity contribution in [1.82, 2.24) is 19.9 Å². The molecule has 0 bridgehead atoms. The van der Waals surface area contributed by atoms with E-state index in [4.69, 9.17) is 30.1 Å². The van der Waals surface area contributed by atoms with Crippen LogP contribution in [0.3, 0.4) is 0 Å². The molecule has 1 aliphatic rings. The van der Waals surface area contributed by atoms with E-state index in [0.29, 0.717) is 17.9 Å². The fourth-order valence-corrected chi connectivity index (χ4v) is 5.02. The highest BCUT2D eigenvalue weighted by atomic mass is 32.2. The molecule has 0 spiro atoms. The van der Waals surface area contributed by atoms with Crippen LogP contribution >= 0.6 is 0 Å². The first kappa shape index (κ1) is 28.7. The lowest BCUT2D eigenvalue weighted by atomic mass is 10.2. The fourth-order valence-electron chi connectivity index (χ4n) is 4.09. The van der Waals surface area contributed by atoms with Gasteiger partial charge in [0.05, 0.1) is 13.2 Å². The summed E-state index contributed by atoms with van der Waals surface area (Å²) < 4.78 is 52.9. The number of hydrogen-bond donors (Lipinski definition) is 3. The first-order valence-electron chi connectivity index (χ1n) is 13.0. The van der Waals surface area contributed by atoms with E-state index in [0.717, 1.165) is 18.4 Å². The van der Waals surface area contributed by atoms with Crippen LogP contribution in [0.25, 0.3) is 11.4 Å². The van der Waals surface area contributed by atoms with Crippen molar-refractivity contribution >= 4 is 21.7 Å². The van der Waals surface area contributed by atoms with Crippen molar-refractivity contribution in [2.24, 2.45) is 5.73 Å². The molecule has 1 atom stereocenters. The Labute approximate surface area is 242 Å². The van der Waals surface area contributed by atoms with Crippen LogP contribution in [-0.4, -0.2) is 60.6 Å². The molecule has 0 saturated carbocycles. The van der Waals surface area contributed by atoms with Gasteiger partial charge in [0.15, 0.2) is 28.2 Å². The van der Waals surface area contributed by atoms with E-state index in [1.165, 1.54) is 31.6 Å². The van der Waals surface area contributed by atoms with E-state index < -0.39 is 10.0 Å². The number of pyridine rings is 2. The van der Waals surface area contributed by atoms with Crippen LogP contribution in [0.5, 0.6) is 23.1 Å². The van der Waals surface area contributed by atoms with Crippen LogP contribution in [-0.2, 0) is 14.8 Å². The molecule has 1 aliphatic heterocycles. The third-order valence-electron chi connectivity index (χ3n) is 6.23. The quantitative estimate of drug-likeness (QED) is 0.171. The van der Waals surface area contributed by atoms with Crippen molar-refractivity contribution in [3.05, 3.63) is 72.2 Å². The molecule has 1 aromatic carbocycles. The van der Waals surface area contributed by atoms with Crippen LogP contribution < -0.4 is 24.7 Å². The van der Waals surface area contributed by atoms with Gasteiger partial charge in [0.2, 0.25) is 5.75 Å². The summed E-state index contributed by atoms with van der Waals surface area (Å²) in [6, 6.07) is 13.0. The number of anilines is 1. The summed E-state index contributed by atoms with van der Waals surface area (Å²) in [5.41, 5.74) is 7.04. The molecule has 0 amide bonds. The standard InChI is InChI=1S/C28H29N7O6S/c1-17-9-10-23(32-15-17)42(36,37)35-27-24(41-22-8-4-3-7-21(22)38-2)28(40-16-19-6-5-13-39-19)34-26(33-27)18-11-12-31-20(14-18)25(29)30/h3-4,7-12,14-15,19H,5-6,13,16H2,1-2H3,(H3,29,30)(H,33,34,35). The van der Waals surface area contributed by atoms with Crippen LogP contribution in [0.1, 0.15) is 24.1 Å². The second-order valence-corrected chi connectivity index (χ2v) is 11.0. The predicted molar refractivity (Wildman–Crippen MR) is 154 cm³/mol. The number of amidine groups is 1. The van der Waals surface area contributed by atoms with Crippen molar-refractivity contribution in [2.75, 3.05) is 25.0 Å². The van der Waals surface area contributed by atoms with Gasteiger partial charge in [-0.05, 0) is 55.7 Å². The number of nitrogen functional groups attached to an aromatic ring is 1. The highest BCUT2D eigenvalue weighted by molar-refractivity contribution is 7.92. The normalized spacial score (nSPS) is 14.8. The van der Waals surface area contributed by atoms with Gasteiger partial charge in [-0.25, -0.2) is 9.97 Å². The molecule has 0 aliphatic carbocycles. The fraction of sp³-hybridized carbons (Fsp3) is 0.250. The number of para-hydroxylation sites is 2. The van der Waals surface area contributed by atoms with Gasteiger partial charge in [-0.1, -0.05) is 18.2 Å². The number of nitrogens with zero attached hydrogens (tertiary/aromatic N) is 4. The molecular formula is C28H29N7O6S. The van der Waals surface area contributed by atoms with Gasteiger partial charge in [0, 0.05) is 24.6 Å². The third kappa shape index (κ3) is 6.56. The van der Waals surface area contributed by atoms with Crippen molar-refractivity contribution in [3.8, 4) is 34.5 Å². The van der Waals surface area contributed by atoms with E-state index in [1.54, 1.807) is 43.3 Å². The minimum absolute atomic E-state index is 0.0443. The zero-order valence-corrected chi connectivity index (χ0v) is 23.7. The molecule has 4 aromatic rings. The lowest BCUT2D eigenvalue weighted by Crippen LogP contribution is -2.19.